The van der Waals surface area contributed by atoms with Crippen LogP contribution in [0.3, 0.4) is 0 Å². The van der Waals surface area contributed by atoms with E-state index in [2.05, 4.69) is 12.2 Å². The first-order valence-electron chi connectivity index (χ1n) is 4.99. The van der Waals surface area contributed by atoms with Crippen LogP contribution in [0.1, 0.15) is 13.3 Å². The minimum Gasteiger partial charge on any atom is -0.396 e. The number of nitrogens with one attached hydrogen (secondary N) is 1. The average molecular weight is 218 g/mol. The van der Waals surface area contributed by atoms with Gasteiger partial charge in [0.15, 0.2) is 0 Å². The van der Waals surface area contributed by atoms with Crippen LogP contribution in [0.2, 0.25) is 0 Å². The topological polar surface area (TPSA) is 52.6 Å². The number of carbonyl (C=O) groups is 1. The Kier molecular flexibility index (Phi) is 5.11. The van der Waals surface area contributed by atoms with Crippen LogP contribution in [-0.2, 0) is 0 Å². The van der Waals surface area contributed by atoms with E-state index in [-0.39, 0.29) is 12.6 Å². The number of amides is 2. The van der Waals surface area contributed by atoms with E-state index >= 15 is 0 Å². The van der Waals surface area contributed by atoms with Gasteiger partial charge in [-0.2, -0.15) is 11.8 Å². The molecule has 0 aromatic rings. The molecule has 1 rings (SSSR count). The van der Waals surface area contributed by atoms with Gasteiger partial charge in [-0.1, -0.05) is 6.92 Å². The fourth-order valence-corrected chi connectivity index (χ4v) is 2.35. The van der Waals surface area contributed by atoms with Crippen molar-refractivity contribution < 1.29 is 9.90 Å². The fourth-order valence-electron chi connectivity index (χ4n) is 1.35. The minimum atomic E-state index is 0.0559. The van der Waals surface area contributed by atoms with Crippen LogP contribution < -0.4 is 5.32 Å². The number of nitrogens with zero attached hydrogens (tertiary/aromatic N) is 1. The van der Waals surface area contributed by atoms with Crippen molar-refractivity contribution in [3.63, 3.8) is 0 Å². The molecule has 0 aliphatic carbocycles. The predicted octanol–water partition coefficient (Wildman–Crippen LogP) is 0.516. The zero-order valence-corrected chi connectivity index (χ0v) is 9.35. The van der Waals surface area contributed by atoms with E-state index in [4.69, 9.17) is 5.11 Å². The van der Waals surface area contributed by atoms with Crippen LogP contribution in [0.15, 0.2) is 0 Å². The van der Waals surface area contributed by atoms with Crippen molar-refractivity contribution in [2.24, 2.45) is 0 Å². The van der Waals surface area contributed by atoms with Crippen molar-refractivity contribution in [2.75, 3.05) is 32.0 Å². The highest BCUT2D eigenvalue weighted by Crippen LogP contribution is 2.13. The van der Waals surface area contributed by atoms with E-state index in [1.54, 1.807) is 0 Å². The van der Waals surface area contributed by atoms with Crippen molar-refractivity contribution in [2.45, 2.75) is 18.6 Å². The second kappa shape index (κ2) is 6.14. The first-order chi connectivity index (χ1) is 6.74. The van der Waals surface area contributed by atoms with Crippen molar-refractivity contribution in [1.82, 2.24) is 10.2 Å². The molecule has 0 aromatic carbocycles. The Bertz CT molecular complexity index is 190. The molecule has 0 spiro atoms. The number of hydrogen-bond acceptors (Lipinski definition) is 3. The van der Waals surface area contributed by atoms with Crippen molar-refractivity contribution >= 4 is 17.8 Å². The number of rotatable bonds is 6. The van der Waals surface area contributed by atoms with E-state index in [0.29, 0.717) is 5.25 Å². The van der Waals surface area contributed by atoms with Crippen LogP contribution in [0.5, 0.6) is 0 Å². The molecular weight excluding hydrogens is 200 g/mol. The third kappa shape index (κ3) is 3.75. The van der Waals surface area contributed by atoms with E-state index in [1.165, 1.54) is 0 Å². The molecule has 1 aliphatic heterocycles. The number of urea groups is 1. The molecule has 1 unspecified atom stereocenters. The van der Waals surface area contributed by atoms with Crippen molar-refractivity contribution in [3.8, 4) is 0 Å². The summed E-state index contributed by atoms with van der Waals surface area (Å²) in [4.78, 5) is 13.0. The summed E-state index contributed by atoms with van der Waals surface area (Å²) in [5.41, 5.74) is 0. The summed E-state index contributed by atoms with van der Waals surface area (Å²) >= 11 is 1.81. The van der Waals surface area contributed by atoms with Gasteiger partial charge in [0.1, 0.15) is 0 Å². The van der Waals surface area contributed by atoms with Gasteiger partial charge in [0.2, 0.25) is 0 Å². The summed E-state index contributed by atoms with van der Waals surface area (Å²) in [5.74, 6) is 0.953. The van der Waals surface area contributed by atoms with E-state index in [9.17, 15) is 4.79 Å². The minimum absolute atomic E-state index is 0.0559. The zero-order chi connectivity index (χ0) is 10.4. The third-order valence-corrected chi connectivity index (χ3v) is 3.47. The van der Waals surface area contributed by atoms with Gasteiger partial charge in [-0.05, 0) is 6.42 Å². The van der Waals surface area contributed by atoms with Crippen LogP contribution >= 0.6 is 11.8 Å². The fraction of sp³-hybridized carbons (Fsp3) is 0.889. The lowest BCUT2D eigenvalue weighted by Crippen LogP contribution is -2.30. The molecule has 2 N–H and O–H groups in total. The summed E-state index contributed by atoms with van der Waals surface area (Å²) in [6.07, 6.45) is 0.830. The predicted molar refractivity (Wildman–Crippen MR) is 58.6 cm³/mol. The molecule has 14 heavy (non-hydrogen) atoms. The Balaban J connectivity index is 2.05. The smallest absolute Gasteiger partial charge is 0.317 e. The molecule has 0 radical (unpaired) electrons. The molecule has 1 fully saturated rings. The summed E-state index contributed by atoms with van der Waals surface area (Å²) < 4.78 is 0. The summed E-state index contributed by atoms with van der Waals surface area (Å²) in [6.45, 7) is 4.76. The normalized spacial score (nSPS) is 18.4. The molecule has 5 heteroatoms. The Morgan fingerprint density at radius 1 is 1.71 bits per heavy atom. The summed E-state index contributed by atoms with van der Waals surface area (Å²) in [7, 11) is 0. The Hall–Kier alpha value is -0.420. The summed E-state index contributed by atoms with van der Waals surface area (Å²) in [6, 6.07) is 0.0559. The maximum Gasteiger partial charge on any atom is 0.317 e. The first-order valence-corrected chi connectivity index (χ1v) is 6.04. The maximum absolute atomic E-state index is 11.1. The molecule has 1 heterocycles. The van der Waals surface area contributed by atoms with Gasteiger partial charge in [0, 0.05) is 37.2 Å². The molecule has 1 aliphatic rings. The second-order valence-corrected chi connectivity index (χ2v) is 4.96. The molecule has 0 bridgehead atoms. The zero-order valence-electron chi connectivity index (χ0n) is 8.53. The molecule has 1 saturated heterocycles. The molecular formula is C9H18N2O2S. The standard InChI is InChI=1S/C9H18N2O2S/c1-8(2-6-12)14-7-5-11-4-3-10-9(11)13/h8,12H,2-7H2,1H3,(H,10,13). The van der Waals surface area contributed by atoms with Gasteiger partial charge in [-0.15, -0.1) is 0 Å². The highest BCUT2D eigenvalue weighted by Gasteiger charge is 2.18. The lowest BCUT2D eigenvalue weighted by molar-refractivity contribution is 0.220. The van der Waals surface area contributed by atoms with E-state index in [0.717, 1.165) is 31.8 Å². The van der Waals surface area contributed by atoms with Crippen LogP contribution in [0.25, 0.3) is 0 Å². The van der Waals surface area contributed by atoms with E-state index in [1.807, 2.05) is 16.7 Å². The van der Waals surface area contributed by atoms with Gasteiger partial charge in [0.25, 0.3) is 0 Å². The lowest BCUT2D eigenvalue weighted by atomic mass is 10.3. The number of thioether (sulfide) groups is 1. The van der Waals surface area contributed by atoms with Crippen molar-refractivity contribution in [3.05, 3.63) is 0 Å². The number of aliphatic hydroxyl groups excluding tert-OH is 1. The SMILES string of the molecule is CC(CCO)SCCN1CCNC1=O. The number of hydrogen-bond donors (Lipinski definition) is 2. The molecule has 2 amide bonds. The third-order valence-electron chi connectivity index (χ3n) is 2.24. The number of carbonyl (C=O) groups excluding carboxylic acids is 1. The Morgan fingerprint density at radius 3 is 3.07 bits per heavy atom. The van der Waals surface area contributed by atoms with Gasteiger partial charge in [-0.3, -0.25) is 0 Å². The van der Waals surface area contributed by atoms with Crippen molar-refractivity contribution in [1.29, 1.82) is 0 Å². The summed E-state index contributed by atoms with van der Waals surface area (Å²) in [5, 5.41) is 11.9. The van der Waals surface area contributed by atoms with Gasteiger partial charge < -0.3 is 15.3 Å². The monoisotopic (exact) mass is 218 g/mol. The van der Waals surface area contributed by atoms with Crippen LogP contribution in [0, 0.1) is 0 Å². The Labute approximate surface area is 89.0 Å². The quantitative estimate of drug-likeness (QED) is 0.683. The second-order valence-electron chi connectivity index (χ2n) is 3.41. The number of aliphatic hydroxyl groups is 1. The molecule has 0 saturated carbocycles. The van der Waals surface area contributed by atoms with Gasteiger partial charge in [0.05, 0.1) is 0 Å². The average Bonchev–Trinajstić information content (AvgIpc) is 2.52. The molecule has 1 atom stereocenters. The van der Waals surface area contributed by atoms with Gasteiger partial charge >= 0.3 is 6.03 Å². The van der Waals surface area contributed by atoms with Gasteiger partial charge in [-0.25, -0.2) is 4.79 Å². The lowest BCUT2D eigenvalue weighted by Gasteiger charge is -2.15. The largest absolute Gasteiger partial charge is 0.396 e. The van der Waals surface area contributed by atoms with Crippen LogP contribution in [-0.4, -0.2) is 53.3 Å². The Morgan fingerprint density at radius 2 is 2.50 bits per heavy atom. The molecule has 0 aromatic heterocycles. The molecule has 82 valence electrons. The highest BCUT2D eigenvalue weighted by atomic mass is 32.2. The molecule has 4 nitrogen and oxygen atoms in total. The highest BCUT2D eigenvalue weighted by molar-refractivity contribution is 7.99. The van der Waals surface area contributed by atoms with Crippen LogP contribution in [0.4, 0.5) is 4.79 Å². The first kappa shape index (κ1) is 11.7. The maximum atomic E-state index is 11.1. The van der Waals surface area contributed by atoms with E-state index < -0.39 is 0 Å².